The molecule has 0 atom stereocenters. The molecule has 168 valence electrons. The smallest absolute Gasteiger partial charge is 0.335 e. The number of carbonyl (C=O) groups excluding carboxylic acids is 1. The van der Waals surface area contributed by atoms with Crippen LogP contribution >= 0.6 is 0 Å². The number of ether oxygens (including phenoxy) is 2. The number of carboxylic acid groups (broad SMARTS) is 1. The van der Waals surface area contributed by atoms with Crippen LogP contribution in [0.3, 0.4) is 0 Å². The minimum atomic E-state index is -1.04. The predicted octanol–water partition coefficient (Wildman–Crippen LogP) is 5.38. The molecule has 2 heterocycles. The van der Waals surface area contributed by atoms with Crippen LogP contribution in [0, 0.1) is 0 Å². The van der Waals surface area contributed by atoms with Crippen molar-refractivity contribution in [1.82, 2.24) is 9.97 Å². The number of aromatic nitrogens is 2. The summed E-state index contributed by atoms with van der Waals surface area (Å²) in [5.74, 6) is -0.160. The zero-order valence-corrected chi connectivity index (χ0v) is 18.0. The molecule has 0 radical (unpaired) electrons. The highest BCUT2D eigenvalue weighted by molar-refractivity contribution is 6.07. The van der Waals surface area contributed by atoms with E-state index in [1.807, 2.05) is 24.3 Å². The summed E-state index contributed by atoms with van der Waals surface area (Å²) in [6.07, 6.45) is 2.11. The number of nitrogens with zero attached hydrogens (tertiary/aromatic N) is 1. The van der Waals surface area contributed by atoms with Gasteiger partial charge in [-0.1, -0.05) is 24.3 Å². The van der Waals surface area contributed by atoms with Crippen molar-refractivity contribution in [2.45, 2.75) is 13.2 Å². The van der Waals surface area contributed by atoms with Gasteiger partial charge in [-0.3, -0.25) is 9.78 Å². The minimum absolute atomic E-state index is 0.0165. The number of aromatic amines is 1. The number of hydrogen-bond donors (Lipinski definition) is 2. The van der Waals surface area contributed by atoms with Gasteiger partial charge < -0.3 is 19.6 Å². The van der Waals surface area contributed by atoms with Gasteiger partial charge in [0.15, 0.2) is 6.29 Å². The number of H-pyrrole nitrogens is 1. The largest absolute Gasteiger partial charge is 0.489 e. The number of aromatic carboxylic acids is 1. The van der Waals surface area contributed by atoms with Gasteiger partial charge in [-0.25, -0.2) is 4.79 Å². The fourth-order valence-electron chi connectivity index (χ4n) is 3.82. The molecule has 2 aromatic heterocycles. The van der Waals surface area contributed by atoms with Gasteiger partial charge in [0.25, 0.3) is 0 Å². The van der Waals surface area contributed by atoms with Crippen LogP contribution in [0.1, 0.15) is 32.0 Å². The summed E-state index contributed by atoms with van der Waals surface area (Å²) in [6.45, 7) is 0.361. The molecule has 3 aromatic carbocycles. The molecule has 7 nitrogen and oxygen atoms in total. The van der Waals surface area contributed by atoms with Crippen molar-refractivity contribution >= 4 is 34.1 Å². The Morgan fingerprint density at radius 2 is 1.76 bits per heavy atom. The van der Waals surface area contributed by atoms with Gasteiger partial charge in [-0.15, -0.1) is 0 Å². The topological polar surface area (TPSA) is 102 Å². The van der Waals surface area contributed by atoms with Crippen LogP contribution in [-0.2, 0) is 13.2 Å². The van der Waals surface area contributed by atoms with E-state index < -0.39 is 5.97 Å². The van der Waals surface area contributed by atoms with E-state index in [1.54, 1.807) is 18.2 Å². The molecule has 7 heteroatoms. The fourth-order valence-corrected chi connectivity index (χ4v) is 3.82. The summed E-state index contributed by atoms with van der Waals surface area (Å²) in [5.41, 5.74) is 4.08. The van der Waals surface area contributed by atoms with Gasteiger partial charge >= 0.3 is 5.97 Å². The second kappa shape index (κ2) is 9.07. The number of rotatable bonds is 8. The first kappa shape index (κ1) is 21.2. The fraction of sp³-hybridized carbons (Fsp3) is 0.0741. The van der Waals surface area contributed by atoms with Crippen molar-refractivity contribution in [3.63, 3.8) is 0 Å². The second-order valence-corrected chi connectivity index (χ2v) is 7.79. The van der Waals surface area contributed by atoms with E-state index in [9.17, 15) is 9.59 Å². The average molecular weight is 452 g/mol. The van der Waals surface area contributed by atoms with E-state index in [-0.39, 0.29) is 12.2 Å². The lowest BCUT2D eigenvalue weighted by atomic mass is 10.1. The predicted molar refractivity (Wildman–Crippen MR) is 127 cm³/mol. The maximum Gasteiger partial charge on any atom is 0.335 e. The Hall–Kier alpha value is -4.65. The number of para-hydroxylation sites is 1. The summed E-state index contributed by atoms with van der Waals surface area (Å²) < 4.78 is 11.7. The van der Waals surface area contributed by atoms with E-state index in [0.717, 1.165) is 27.4 Å². The van der Waals surface area contributed by atoms with Crippen LogP contribution in [0.2, 0.25) is 0 Å². The van der Waals surface area contributed by atoms with Crippen molar-refractivity contribution in [2.75, 3.05) is 0 Å². The minimum Gasteiger partial charge on any atom is -0.489 e. The maximum atomic E-state index is 11.5. The summed E-state index contributed by atoms with van der Waals surface area (Å²) in [4.78, 5) is 30.1. The highest BCUT2D eigenvalue weighted by Gasteiger charge is 2.10. The number of pyridine rings is 1. The number of nitrogens with one attached hydrogen (secondary N) is 1. The molecule has 0 aliphatic heterocycles. The Kier molecular flexibility index (Phi) is 5.66. The summed E-state index contributed by atoms with van der Waals surface area (Å²) in [5, 5.41) is 11.4. The van der Waals surface area contributed by atoms with E-state index in [2.05, 4.69) is 28.2 Å². The Bertz CT molecular complexity index is 1520. The molecule has 0 spiro atoms. The lowest BCUT2D eigenvalue weighted by Gasteiger charge is -2.12. The molecule has 0 aliphatic carbocycles. The van der Waals surface area contributed by atoms with Gasteiger partial charge in [0.2, 0.25) is 0 Å². The van der Waals surface area contributed by atoms with Crippen molar-refractivity contribution in [3.05, 3.63) is 101 Å². The molecule has 0 bridgehead atoms. The zero-order valence-electron chi connectivity index (χ0n) is 18.0. The maximum absolute atomic E-state index is 11.5. The standard InChI is InChI=1S/C27H20N2O5/c30-14-19-6-7-21(13-26(19)34-16-20-12-18(27(31)32)9-10-28-20)33-15-17-5-8-25-23(11-17)22-3-1-2-4-24(22)29-25/h1-14,29H,15-16H2,(H,31,32). The van der Waals surface area contributed by atoms with Gasteiger partial charge in [0.05, 0.1) is 16.8 Å². The number of hydrogen-bond acceptors (Lipinski definition) is 5. The van der Waals surface area contributed by atoms with Crippen LogP contribution in [0.25, 0.3) is 21.8 Å². The Morgan fingerprint density at radius 1 is 0.912 bits per heavy atom. The molecule has 34 heavy (non-hydrogen) atoms. The highest BCUT2D eigenvalue weighted by Crippen LogP contribution is 2.28. The van der Waals surface area contributed by atoms with Crippen LogP contribution in [0.15, 0.2) is 79.0 Å². The first-order valence-corrected chi connectivity index (χ1v) is 10.6. The number of carbonyl (C=O) groups is 2. The van der Waals surface area contributed by atoms with Gasteiger partial charge in [-0.05, 0) is 48.0 Å². The Labute approximate surface area is 194 Å². The molecule has 0 saturated heterocycles. The van der Waals surface area contributed by atoms with E-state index in [1.165, 1.54) is 18.3 Å². The molecule has 5 rings (SSSR count). The van der Waals surface area contributed by atoms with Gasteiger partial charge in [-0.2, -0.15) is 0 Å². The molecule has 0 unspecified atom stereocenters. The van der Waals surface area contributed by atoms with Gasteiger partial charge in [0.1, 0.15) is 24.7 Å². The number of aldehydes is 1. The van der Waals surface area contributed by atoms with Crippen molar-refractivity contribution < 1.29 is 24.2 Å². The molecule has 0 saturated carbocycles. The highest BCUT2D eigenvalue weighted by atomic mass is 16.5. The average Bonchev–Trinajstić information content (AvgIpc) is 3.24. The Balaban J connectivity index is 1.32. The number of carboxylic acids is 1. The lowest BCUT2D eigenvalue weighted by Crippen LogP contribution is -2.04. The zero-order chi connectivity index (χ0) is 23.5. The monoisotopic (exact) mass is 452 g/mol. The third-order valence-electron chi connectivity index (χ3n) is 5.53. The van der Waals surface area contributed by atoms with Crippen LogP contribution in [-0.4, -0.2) is 27.3 Å². The SMILES string of the molecule is O=Cc1ccc(OCc2ccc3[nH]c4ccccc4c3c2)cc1OCc1cc(C(=O)O)ccn1. The molecule has 2 N–H and O–H groups in total. The lowest BCUT2D eigenvalue weighted by molar-refractivity contribution is 0.0696. The molecule has 5 aromatic rings. The van der Waals surface area contributed by atoms with Crippen LogP contribution in [0.4, 0.5) is 0 Å². The first-order valence-electron chi connectivity index (χ1n) is 10.6. The third-order valence-corrected chi connectivity index (χ3v) is 5.53. The van der Waals surface area contributed by atoms with E-state index in [0.29, 0.717) is 35.6 Å². The molecule has 0 amide bonds. The Morgan fingerprint density at radius 3 is 2.62 bits per heavy atom. The quantitative estimate of drug-likeness (QED) is 0.306. The normalized spacial score (nSPS) is 10.9. The first-order chi connectivity index (χ1) is 16.6. The van der Waals surface area contributed by atoms with E-state index >= 15 is 0 Å². The molecular formula is C27H20N2O5. The van der Waals surface area contributed by atoms with Gasteiger partial charge in [0, 0.05) is 34.1 Å². The summed E-state index contributed by atoms with van der Waals surface area (Å²) >= 11 is 0. The second-order valence-electron chi connectivity index (χ2n) is 7.79. The summed E-state index contributed by atoms with van der Waals surface area (Å²) in [6, 6.07) is 22.1. The van der Waals surface area contributed by atoms with Crippen LogP contribution < -0.4 is 9.47 Å². The molecule has 0 fully saturated rings. The number of fused-ring (bicyclic) bond motifs is 3. The summed E-state index contributed by atoms with van der Waals surface area (Å²) in [7, 11) is 0. The van der Waals surface area contributed by atoms with Crippen LogP contribution in [0.5, 0.6) is 11.5 Å². The van der Waals surface area contributed by atoms with E-state index in [4.69, 9.17) is 14.6 Å². The number of benzene rings is 3. The molecule has 0 aliphatic rings. The van der Waals surface area contributed by atoms with Crippen molar-refractivity contribution in [2.24, 2.45) is 0 Å². The van der Waals surface area contributed by atoms with Crippen molar-refractivity contribution in [3.8, 4) is 11.5 Å². The molecular weight excluding hydrogens is 432 g/mol. The third kappa shape index (κ3) is 4.31. The van der Waals surface area contributed by atoms with Crippen molar-refractivity contribution in [1.29, 1.82) is 0 Å².